The molecule has 0 radical (unpaired) electrons. The smallest absolute Gasteiger partial charge is 0.296 e. The molecule has 34 heavy (non-hydrogen) atoms. The number of nitrogens with zero attached hydrogens (tertiary/aromatic N) is 2. The van der Waals surface area contributed by atoms with Gasteiger partial charge < -0.3 is 19.6 Å². The number of likely N-dealkylation sites (tertiary alicyclic amines) is 1. The SMILES string of the molecule is CCCCN1C(=O)C2(/C(=C(/O)c3ccc(C)cc3)C(=O)C(=O)N2CCCOC)c2ccccc21. The number of fused-ring (bicyclic) bond motifs is 2. The van der Waals surface area contributed by atoms with Gasteiger partial charge in [0.15, 0.2) is 5.54 Å². The molecule has 0 aliphatic carbocycles. The van der Waals surface area contributed by atoms with Gasteiger partial charge in [0.25, 0.3) is 17.6 Å². The fraction of sp³-hybridized carbons (Fsp3) is 0.370. The van der Waals surface area contributed by atoms with Crippen LogP contribution in [-0.4, -0.2) is 54.4 Å². The average Bonchev–Trinajstić information content (AvgIpc) is 3.21. The molecule has 4 rings (SSSR count). The summed E-state index contributed by atoms with van der Waals surface area (Å²) in [5.41, 5.74) is 0.698. The maximum Gasteiger partial charge on any atom is 0.296 e. The van der Waals surface area contributed by atoms with E-state index in [1.165, 1.54) is 4.90 Å². The van der Waals surface area contributed by atoms with Gasteiger partial charge >= 0.3 is 0 Å². The monoisotopic (exact) mass is 462 g/mol. The molecular weight excluding hydrogens is 432 g/mol. The number of ether oxygens (including phenoxy) is 1. The average molecular weight is 463 g/mol. The van der Waals surface area contributed by atoms with E-state index in [2.05, 4.69) is 0 Å². The number of amides is 2. The summed E-state index contributed by atoms with van der Waals surface area (Å²) in [5, 5.41) is 11.4. The molecule has 2 aliphatic rings. The van der Waals surface area contributed by atoms with Crippen LogP contribution in [0.25, 0.3) is 5.76 Å². The fourth-order valence-corrected chi connectivity index (χ4v) is 4.93. The number of methoxy groups -OCH3 is 1. The molecule has 2 aromatic carbocycles. The molecule has 7 heteroatoms. The van der Waals surface area contributed by atoms with Crippen LogP contribution in [-0.2, 0) is 24.7 Å². The number of aryl methyl sites for hydroxylation is 1. The third kappa shape index (κ3) is 3.51. The van der Waals surface area contributed by atoms with E-state index in [1.807, 2.05) is 38.1 Å². The van der Waals surface area contributed by atoms with Gasteiger partial charge in [-0.2, -0.15) is 0 Å². The number of rotatable bonds is 8. The molecule has 1 unspecified atom stereocenters. The number of hydrogen-bond donors (Lipinski definition) is 1. The highest BCUT2D eigenvalue weighted by Crippen LogP contribution is 2.53. The third-order valence-corrected chi connectivity index (χ3v) is 6.60. The zero-order chi connectivity index (χ0) is 24.5. The predicted molar refractivity (Wildman–Crippen MR) is 129 cm³/mol. The Morgan fingerprint density at radius 3 is 2.38 bits per heavy atom. The van der Waals surface area contributed by atoms with Gasteiger partial charge in [-0.05, 0) is 25.8 Å². The van der Waals surface area contributed by atoms with E-state index in [0.29, 0.717) is 36.4 Å². The number of carbonyl (C=O) groups is 3. The Morgan fingerprint density at radius 2 is 1.71 bits per heavy atom. The summed E-state index contributed by atoms with van der Waals surface area (Å²) in [7, 11) is 1.56. The van der Waals surface area contributed by atoms with E-state index < -0.39 is 17.2 Å². The molecular formula is C27H30N2O5. The highest BCUT2D eigenvalue weighted by Gasteiger charge is 2.66. The maximum atomic E-state index is 14.2. The van der Waals surface area contributed by atoms with Crippen molar-refractivity contribution >= 4 is 29.0 Å². The Labute approximate surface area is 199 Å². The molecule has 0 saturated carbocycles. The zero-order valence-electron chi connectivity index (χ0n) is 19.8. The van der Waals surface area contributed by atoms with Crippen molar-refractivity contribution in [2.75, 3.05) is 31.7 Å². The molecule has 1 spiro atoms. The number of carbonyl (C=O) groups excluding carboxylic acids is 3. The van der Waals surface area contributed by atoms with Crippen molar-refractivity contribution in [3.05, 3.63) is 70.8 Å². The minimum Gasteiger partial charge on any atom is -0.507 e. The lowest BCUT2D eigenvalue weighted by molar-refractivity contribution is -0.143. The molecule has 7 nitrogen and oxygen atoms in total. The van der Waals surface area contributed by atoms with Crippen molar-refractivity contribution in [1.82, 2.24) is 4.90 Å². The second-order valence-electron chi connectivity index (χ2n) is 8.76. The van der Waals surface area contributed by atoms with Crippen LogP contribution in [0.3, 0.4) is 0 Å². The van der Waals surface area contributed by atoms with Crippen LogP contribution in [0.4, 0.5) is 5.69 Å². The molecule has 0 bridgehead atoms. The molecule has 2 heterocycles. The van der Waals surface area contributed by atoms with Crippen molar-refractivity contribution in [2.24, 2.45) is 0 Å². The van der Waals surface area contributed by atoms with Crippen molar-refractivity contribution in [1.29, 1.82) is 0 Å². The van der Waals surface area contributed by atoms with Gasteiger partial charge in [0.2, 0.25) is 0 Å². The molecule has 1 fully saturated rings. The number of Topliss-reactive ketones (excluding diaryl/α,β-unsaturated/α-hetero) is 1. The highest BCUT2D eigenvalue weighted by molar-refractivity contribution is 6.50. The summed E-state index contributed by atoms with van der Waals surface area (Å²) in [6.07, 6.45) is 2.09. The molecule has 1 N–H and O–H groups in total. The molecule has 0 aromatic heterocycles. The minimum atomic E-state index is -1.71. The first-order valence-corrected chi connectivity index (χ1v) is 11.7. The zero-order valence-corrected chi connectivity index (χ0v) is 19.8. The van der Waals surface area contributed by atoms with Gasteiger partial charge in [0, 0.05) is 37.9 Å². The quantitative estimate of drug-likeness (QED) is 0.279. The Morgan fingerprint density at radius 1 is 1.00 bits per heavy atom. The summed E-state index contributed by atoms with van der Waals surface area (Å²) in [6.45, 7) is 4.92. The number of anilines is 1. The normalized spacial score (nSPS) is 21.1. The van der Waals surface area contributed by atoms with Crippen LogP contribution >= 0.6 is 0 Å². The Hall–Kier alpha value is -3.45. The van der Waals surface area contributed by atoms with Crippen molar-refractivity contribution in [3.63, 3.8) is 0 Å². The minimum absolute atomic E-state index is 0.144. The molecule has 178 valence electrons. The van der Waals surface area contributed by atoms with Crippen molar-refractivity contribution in [3.8, 4) is 0 Å². The second-order valence-corrected chi connectivity index (χ2v) is 8.76. The largest absolute Gasteiger partial charge is 0.507 e. The highest BCUT2D eigenvalue weighted by atomic mass is 16.5. The van der Waals surface area contributed by atoms with Crippen molar-refractivity contribution in [2.45, 2.75) is 38.6 Å². The topological polar surface area (TPSA) is 87.2 Å². The maximum absolute atomic E-state index is 14.2. The van der Waals surface area contributed by atoms with Crippen LogP contribution in [0.1, 0.15) is 42.9 Å². The number of unbranched alkanes of at least 4 members (excludes halogenated alkanes) is 1. The third-order valence-electron chi connectivity index (χ3n) is 6.60. The number of para-hydroxylation sites is 1. The Balaban J connectivity index is 1.99. The first kappa shape index (κ1) is 23.7. The van der Waals surface area contributed by atoms with Crippen LogP contribution < -0.4 is 4.90 Å². The van der Waals surface area contributed by atoms with E-state index in [4.69, 9.17) is 4.74 Å². The van der Waals surface area contributed by atoms with Gasteiger partial charge in [-0.3, -0.25) is 14.4 Å². The molecule has 2 aromatic rings. The molecule has 1 saturated heterocycles. The van der Waals surface area contributed by atoms with Crippen LogP contribution in [0.5, 0.6) is 0 Å². The lowest BCUT2D eigenvalue weighted by Gasteiger charge is -2.34. The summed E-state index contributed by atoms with van der Waals surface area (Å²) in [6, 6.07) is 14.2. The van der Waals surface area contributed by atoms with Gasteiger partial charge in [-0.25, -0.2) is 0 Å². The first-order chi connectivity index (χ1) is 16.4. The summed E-state index contributed by atoms with van der Waals surface area (Å²) in [5.74, 6) is -2.36. The lowest BCUT2D eigenvalue weighted by Crippen LogP contribution is -2.52. The van der Waals surface area contributed by atoms with Crippen molar-refractivity contribution < 1.29 is 24.2 Å². The van der Waals surface area contributed by atoms with E-state index >= 15 is 0 Å². The second kappa shape index (κ2) is 9.43. The number of ketones is 1. The standard InChI is InChI=1S/C27H30N2O5/c1-4-5-15-28-21-10-7-6-9-20(21)27(26(28)33)22(23(30)19-13-11-18(2)12-14-19)24(31)25(32)29(27)16-8-17-34-3/h6-7,9-14,30H,4-5,8,15-17H2,1-3H3/b23-22+. The van der Waals surface area contributed by atoms with E-state index in [0.717, 1.165) is 18.4 Å². The lowest BCUT2D eigenvalue weighted by atomic mass is 9.81. The summed E-state index contributed by atoms with van der Waals surface area (Å²) in [4.78, 5) is 44.0. The van der Waals surface area contributed by atoms with Crippen LogP contribution in [0.2, 0.25) is 0 Å². The van der Waals surface area contributed by atoms with Crippen LogP contribution in [0, 0.1) is 6.92 Å². The fourth-order valence-electron chi connectivity index (χ4n) is 4.93. The Kier molecular flexibility index (Phi) is 6.57. The summed E-state index contributed by atoms with van der Waals surface area (Å²) >= 11 is 0. The predicted octanol–water partition coefficient (Wildman–Crippen LogP) is 3.75. The number of hydrogen-bond acceptors (Lipinski definition) is 5. The molecule has 2 amide bonds. The number of benzene rings is 2. The first-order valence-electron chi connectivity index (χ1n) is 11.7. The van der Waals surface area contributed by atoms with E-state index in [9.17, 15) is 19.5 Å². The Bertz CT molecular complexity index is 1150. The number of aliphatic hydroxyl groups is 1. The van der Waals surface area contributed by atoms with Gasteiger partial charge in [0.05, 0.1) is 11.3 Å². The molecule has 2 aliphatic heterocycles. The summed E-state index contributed by atoms with van der Waals surface area (Å²) < 4.78 is 5.16. The van der Waals surface area contributed by atoms with Gasteiger partial charge in [-0.1, -0.05) is 61.4 Å². The van der Waals surface area contributed by atoms with E-state index in [-0.39, 0.29) is 23.8 Å². The molecule has 1 atom stereocenters. The van der Waals surface area contributed by atoms with Gasteiger partial charge in [0.1, 0.15) is 5.76 Å². The van der Waals surface area contributed by atoms with E-state index in [1.54, 1.807) is 36.3 Å². The van der Waals surface area contributed by atoms with Gasteiger partial charge in [-0.15, -0.1) is 0 Å². The number of aliphatic hydroxyl groups excluding tert-OH is 1. The van der Waals surface area contributed by atoms with Crippen LogP contribution in [0.15, 0.2) is 54.1 Å².